The summed E-state index contributed by atoms with van der Waals surface area (Å²) in [6, 6.07) is 10.3. The first-order chi connectivity index (χ1) is 14.8. The van der Waals surface area contributed by atoms with E-state index < -0.39 is 38.8 Å². The van der Waals surface area contributed by atoms with E-state index in [-0.39, 0.29) is 22.2 Å². The number of para-hydroxylation sites is 1. The first-order valence-corrected chi connectivity index (χ1v) is 10.6. The highest BCUT2D eigenvalue weighted by atomic mass is 35.5. The Bertz CT molecular complexity index is 1270. The summed E-state index contributed by atoms with van der Waals surface area (Å²) < 4.78 is 62.1. The molecule has 0 spiro atoms. The van der Waals surface area contributed by atoms with Crippen molar-refractivity contribution in [2.24, 2.45) is 0 Å². The molecule has 0 aliphatic carbocycles. The second-order valence-electron chi connectivity index (χ2n) is 6.42. The molecule has 31 heavy (non-hydrogen) atoms. The molecular weight excluding hydrogens is 452 g/mol. The molecule has 2 aromatic carbocycles. The number of alkyl halides is 1. The van der Waals surface area contributed by atoms with Crippen molar-refractivity contribution in [3.8, 4) is 5.88 Å². The van der Waals surface area contributed by atoms with Crippen LogP contribution in [0.4, 0.5) is 25.0 Å². The fourth-order valence-corrected chi connectivity index (χ4v) is 5.00. The molecule has 2 amide bonds. The van der Waals surface area contributed by atoms with Crippen LogP contribution in [0.2, 0.25) is 5.02 Å². The monoisotopic (exact) mass is 465 g/mol. The quantitative estimate of drug-likeness (QED) is 0.522. The van der Waals surface area contributed by atoms with E-state index in [0.29, 0.717) is 9.21 Å². The van der Waals surface area contributed by atoms with Crippen molar-refractivity contribution in [1.82, 2.24) is 4.98 Å². The number of benzene rings is 2. The minimum atomic E-state index is -4.56. The predicted molar refractivity (Wildman–Crippen MR) is 110 cm³/mol. The van der Waals surface area contributed by atoms with E-state index in [1.807, 2.05) is 0 Å². The molecule has 2 heterocycles. The van der Waals surface area contributed by atoms with Crippen molar-refractivity contribution in [2.45, 2.75) is 11.2 Å². The summed E-state index contributed by atoms with van der Waals surface area (Å²) in [5.41, 5.74) is -0.992. The third-order valence-corrected chi connectivity index (χ3v) is 6.72. The van der Waals surface area contributed by atoms with Gasteiger partial charge < -0.3 is 4.74 Å². The zero-order chi connectivity index (χ0) is 22.3. The molecule has 160 valence electrons. The first-order valence-electron chi connectivity index (χ1n) is 8.83. The summed E-state index contributed by atoms with van der Waals surface area (Å²) in [4.78, 5) is 17.1. The molecule has 3 aromatic rings. The number of urea groups is 1. The van der Waals surface area contributed by atoms with Crippen molar-refractivity contribution in [2.75, 3.05) is 16.3 Å². The molecule has 0 saturated heterocycles. The molecule has 1 aromatic heterocycles. The molecular formula is C20H14ClF2N3O4S. The number of nitrogens with zero attached hydrogens (tertiary/aromatic N) is 3. The van der Waals surface area contributed by atoms with E-state index in [1.165, 1.54) is 37.4 Å². The van der Waals surface area contributed by atoms with Gasteiger partial charge >= 0.3 is 6.03 Å². The molecule has 0 bridgehead atoms. The van der Waals surface area contributed by atoms with E-state index in [9.17, 15) is 17.6 Å². The van der Waals surface area contributed by atoms with E-state index in [2.05, 4.69) is 4.98 Å². The maximum atomic E-state index is 15.6. The maximum absolute atomic E-state index is 15.6. The number of methoxy groups -OCH3 is 1. The molecule has 0 saturated carbocycles. The van der Waals surface area contributed by atoms with Gasteiger partial charge in [-0.15, -0.1) is 0 Å². The van der Waals surface area contributed by atoms with Gasteiger partial charge in [-0.05, 0) is 24.3 Å². The SMILES string of the molecule is COc1ccc(N2C(=O)N(C(F)c3ccccc3Cl)c3c(F)cccc3S2(=O)=O)cn1. The zero-order valence-electron chi connectivity index (χ0n) is 15.9. The van der Waals surface area contributed by atoms with E-state index in [4.69, 9.17) is 16.3 Å². The van der Waals surface area contributed by atoms with Gasteiger partial charge in [-0.2, -0.15) is 4.31 Å². The number of fused-ring (bicyclic) bond motifs is 1. The number of amides is 2. The number of aromatic nitrogens is 1. The third-order valence-electron chi connectivity index (χ3n) is 4.64. The fraction of sp³-hybridized carbons (Fsp3) is 0.100. The van der Waals surface area contributed by atoms with Crippen LogP contribution >= 0.6 is 11.6 Å². The highest BCUT2D eigenvalue weighted by molar-refractivity contribution is 7.94. The third kappa shape index (κ3) is 3.37. The van der Waals surface area contributed by atoms with Crippen LogP contribution in [0.15, 0.2) is 65.7 Å². The zero-order valence-corrected chi connectivity index (χ0v) is 17.4. The highest BCUT2D eigenvalue weighted by Crippen LogP contribution is 2.44. The van der Waals surface area contributed by atoms with Crippen molar-refractivity contribution < 1.29 is 26.7 Å². The average Bonchev–Trinajstić information content (AvgIpc) is 2.75. The summed E-state index contributed by atoms with van der Waals surface area (Å²) in [5.74, 6) is -0.898. The smallest absolute Gasteiger partial charge is 0.346 e. The fourth-order valence-electron chi connectivity index (χ4n) is 3.21. The summed E-state index contributed by atoms with van der Waals surface area (Å²) in [6.45, 7) is 0. The lowest BCUT2D eigenvalue weighted by atomic mass is 10.1. The Labute approximate surface area is 181 Å². The summed E-state index contributed by atoms with van der Waals surface area (Å²) in [5, 5.41) is -0.00761. The lowest BCUT2D eigenvalue weighted by molar-refractivity contribution is 0.239. The molecule has 1 unspecified atom stereocenters. The van der Waals surface area contributed by atoms with Crippen LogP contribution in [0.25, 0.3) is 0 Å². The van der Waals surface area contributed by atoms with Crippen molar-refractivity contribution in [3.63, 3.8) is 0 Å². The van der Waals surface area contributed by atoms with Crippen LogP contribution in [0.1, 0.15) is 11.9 Å². The van der Waals surface area contributed by atoms with Gasteiger partial charge in [0.1, 0.15) is 16.4 Å². The predicted octanol–water partition coefficient (Wildman–Crippen LogP) is 4.69. The van der Waals surface area contributed by atoms with Crippen LogP contribution in [-0.4, -0.2) is 26.5 Å². The van der Waals surface area contributed by atoms with Crippen molar-refractivity contribution in [3.05, 3.63) is 77.2 Å². The number of sulfonamides is 1. The molecule has 1 aliphatic heterocycles. The van der Waals surface area contributed by atoms with Crippen molar-refractivity contribution >= 4 is 39.0 Å². The highest BCUT2D eigenvalue weighted by Gasteiger charge is 2.47. The maximum Gasteiger partial charge on any atom is 0.346 e. The molecule has 11 heteroatoms. The normalized spacial score (nSPS) is 16.1. The largest absolute Gasteiger partial charge is 0.481 e. The van der Waals surface area contributed by atoms with Gasteiger partial charge in [-0.1, -0.05) is 35.9 Å². The van der Waals surface area contributed by atoms with Crippen LogP contribution in [0.5, 0.6) is 5.88 Å². The Balaban J connectivity index is 1.94. The Hall–Kier alpha value is -3.24. The number of hydrogen-bond donors (Lipinski definition) is 0. The lowest BCUT2D eigenvalue weighted by Crippen LogP contribution is -2.52. The van der Waals surface area contributed by atoms with Crippen LogP contribution in [0.3, 0.4) is 0 Å². The second kappa shape index (κ2) is 7.78. The van der Waals surface area contributed by atoms with Crippen LogP contribution in [0, 0.1) is 5.82 Å². The number of hydrogen-bond acceptors (Lipinski definition) is 5. The summed E-state index contributed by atoms with van der Waals surface area (Å²) in [7, 11) is -3.20. The Morgan fingerprint density at radius 1 is 1.10 bits per heavy atom. The van der Waals surface area contributed by atoms with Crippen LogP contribution in [-0.2, 0) is 10.0 Å². The van der Waals surface area contributed by atoms with Gasteiger partial charge in [0.2, 0.25) is 12.2 Å². The molecule has 4 rings (SSSR count). The van der Waals surface area contributed by atoms with Crippen molar-refractivity contribution in [1.29, 1.82) is 0 Å². The minimum absolute atomic E-state index is 0.00761. The van der Waals surface area contributed by atoms with Gasteiger partial charge in [-0.25, -0.2) is 27.0 Å². The number of carbonyl (C=O) groups is 1. The van der Waals surface area contributed by atoms with E-state index in [0.717, 1.165) is 24.4 Å². The Morgan fingerprint density at radius 3 is 2.48 bits per heavy atom. The first kappa shape index (κ1) is 21.0. The van der Waals surface area contributed by atoms with E-state index >= 15 is 4.39 Å². The molecule has 0 fully saturated rings. The number of pyridine rings is 1. The number of anilines is 2. The molecule has 0 radical (unpaired) electrons. The van der Waals surface area contributed by atoms with Gasteiger partial charge in [0.25, 0.3) is 10.0 Å². The van der Waals surface area contributed by atoms with E-state index in [1.54, 1.807) is 6.07 Å². The Morgan fingerprint density at radius 2 is 1.84 bits per heavy atom. The topological polar surface area (TPSA) is 79.8 Å². The number of halogens is 3. The summed E-state index contributed by atoms with van der Waals surface area (Å²) in [6.07, 6.45) is -1.18. The molecule has 0 N–H and O–H groups in total. The second-order valence-corrected chi connectivity index (χ2v) is 8.59. The minimum Gasteiger partial charge on any atom is -0.481 e. The molecule has 1 aliphatic rings. The standard InChI is InChI=1S/C20H14ClF2N3O4S/c1-30-17-10-9-12(11-24-17)26-20(27)25(19(23)13-5-2-3-6-14(13)21)18-15(22)7-4-8-16(18)31(26,28)29/h2-11,19H,1H3. The number of ether oxygens (including phenoxy) is 1. The number of rotatable bonds is 4. The summed E-state index contributed by atoms with van der Waals surface area (Å²) >= 11 is 6.07. The van der Waals surface area contributed by atoms with Crippen LogP contribution < -0.4 is 13.9 Å². The lowest BCUT2D eigenvalue weighted by Gasteiger charge is -2.37. The average molecular weight is 466 g/mol. The van der Waals surface area contributed by atoms with Gasteiger partial charge in [-0.3, -0.25) is 4.90 Å². The molecule has 7 nitrogen and oxygen atoms in total. The van der Waals surface area contributed by atoms with Gasteiger partial charge in [0.15, 0.2) is 0 Å². The van der Waals surface area contributed by atoms with Gasteiger partial charge in [0.05, 0.1) is 19.0 Å². The molecule has 1 atom stereocenters. The Kier molecular flexibility index (Phi) is 5.28. The van der Waals surface area contributed by atoms with Gasteiger partial charge in [0, 0.05) is 16.7 Å². The number of carbonyl (C=O) groups excluding carboxylic acids is 1.